The number of hydrogen-bond donors (Lipinski definition) is 0. The van der Waals surface area contributed by atoms with E-state index >= 15 is 0 Å². The zero-order valence-corrected chi connectivity index (χ0v) is 18.0. The predicted molar refractivity (Wildman–Crippen MR) is 108 cm³/mol. The van der Waals surface area contributed by atoms with Crippen LogP contribution in [0.15, 0.2) is 36.4 Å². The number of quaternary nitrogens is 1. The van der Waals surface area contributed by atoms with Gasteiger partial charge in [-0.1, -0.05) is 30.8 Å². The lowest BCUT2D eigenvalue weighted by molar-refractivity contribution is -0.945. The highest BCUT2D eigenvalue weighted by molar-refractivity contribution is 6.62. The van der Waals surface area contributed by atoms with Gasteiger partial charge in [0.25, 0.3) is 0 Å². The van der Waals surface area contributed by atoms with Gasteiger partial charge in [0, 0.05) is 18.1 Å². The molecule has 0 amide bonds. The first-order valence-corrected chi connectivity index (χ1v) is 9.39. The molecule has 148 valence electrons. The van der Waals surface area contributed by atoms with Crippen molar-refractivity contribution in [1.82, 2.24) is 0 Å². The smallest absolute Gasteiger partial charge is 0.409 e. The molecule has 1 aromatic carbocycles. The van der Waals surface area contributed by atoms with Crippen LogP contribution in [0.1, 0.15) is 47.1 Å². The molecule has 2 rings (SSSR count). The Hall–Kier alpha value is -1.63. The summed E-state index contributed by atoms with van der Waals surface area (Å²) in [6, 6.07) is 8.24. The molecule has 5 nitrogen and oxygen atoms in total. The van der Waals surface area contributed by atoms with Crippen molar-refractivity contribution in [3.05, 3.63) is 42.0 Å². The van der Waals surface area contributed by atoms with Crippen molar-refractivity contribution in [2.45, 2.75) is 65.5 Å². The molecule has 0 N–H and O–H groups in total. The van der Waals surface area contributed by atoms with Crippen LogP contribution in [0.25, 0.3) is 0 Å². The molecule has 0 saturated carbocycles. The molecule has 27 heavy (non-hydrogen) atoms. The Labute approximate surface area is 164 Å². The van der Waals surface area contributed by atoms with Crippen LogP contribution in [-0.2, 0) is 25.4 Å². The third-order valence-electron chi connectivity index (χ3n) is 5.71. The van der Waals surface area contributed by atoms with Crippen molar-refractivity contribution in [2.24, 2.45) is 0 Å². The third-order valence-corrected chi connectivity index (χ3v) is 5.71. The van der Waals surface area contributed by atoms with E-state index in [9.17, 15) is 4.79 Å². The lowest BCUT2D eigenvalue weighted by Gasteiger charge is -2.35. The Morgan fingerprint density at radius 3 is 2.07 bits per heavy atom. The van der Waals surface area contributed by atoms with Crippen LogP contribution in [0, 0.1) is 0 Å². The maximum absolute atomic E-state index is 11.8. The second-order valence-corrected chi connectivity index (χ2v) is 9.05. The summed E-state index contributed by atoms with van der Waals surface area (Å²) < 4.78 is 18.2. The van der Waals surface area contributed by atoms with Gasteiger partial charge in [0.1, 0.15) is 6.54 Å². The fourth-order valence-electron chi connectivity index (χ4n) is 2.76. The highest BCUT2D eigenvalue weighted by Gasteiger charge is 2.51. The standard InChI is InChI=1S/C21H33BNO4/c1-15(2)19(24)25-16(3)23(8,9)14-17-10-12-18(13-11-17)22-26-20(4,5)21(6,7)27-22/h10-13,16H,1,14H2,2-9H3/q+1. The van der Waals surface area contributed by atoms with Gasteiger partial charge < -0.3 is 14.0 Å². The highest BCUT2D eigenvalue weighted by Crippen LogP contribution is 2.36. The van der Waals surface area contributed by atoms with E-state index in [2.05, 4.69) is 46.4 Å². The van der Waals surface area contributed by atoms with E-state index in [0.29, 0.717) is 10.1 Å². The molecule has 6 heteroatoms. The van der Waals surface area contributed by atoms with Crippen LogP contribution in [0.2, 0.25) is 0 Å². The van der Waals surface area contributed by atoms with E-state index in [4.69, 9.17) is 14.0 Å². The maximum Gasteiger partial charge on any atom is 0.494 e. The number of benzene rings is 1. The Morgan fingerprint density at radius 2 is 1.63 bits per heavy atom. The van der Waals surface area contributed by atoms with E-state index in [0.717, 1.165) is 17.6 Å². The maximum atomic E-state index is 11.8. The van der Waals surface area contributed by atoms with E-state index in [1.165, 1.54) is 0 Å². The van der Waals surface area contributed by atoms with Gasteiger partial charge in [-0.3, -0.25) is 4.48 Å². The fraction of sp³-hybridized carbons (Fsp3) is 0.571. The number of hydrogen-bond acceptors (Lipinski definition) is 4. The summed E-state index contributed by atoms with van der Waals surface area (Å²) >= 11 is 0. The summed E-state index contributed by atoms with van der Waals surface area (Å²) in [5, 5.41) is 0. The summed E-state index contributed by atoms with van der Waals surface area (Å²) in [5.74, 6) is -0.357. The first-order chi connectivity index (χ1) is 12.2. The van der Waals surface area contributed by atoms with Crippen molar-refractivity contribution < 1.29 is 23.3 Å². The molecule has 0 radical (unpaired) electrons. The Balaban J connectivity index is 2.05. The summed E-state index contributed by atoms with van der Waals surface area (Å²) in [6.45, 7) is 16.1. The Kier molecular flexibility index (Phi) is 5.95. The van der Waals surface area contributed by atoms with Gasteiger partial charge in [0.05, 0.1) is 25.3 Å². The normalized spacial score (nSPS) is 19.6. The molecule has 1 unspecified atom stereocenters. The molecule has 0 bridgehead atoms. The third kappa shape index (κ3) is 4.81. The highest BCUT2D eigenvalue weighted by atomic mass is 16.7. The summed E-state index contributed by atoms with van der Waals surface area (Å²) in [7, 11) is 3.72. The minimum absolute atomic E-state index is 0.281. The minimum atomic E-state index is -0.359. The second-order valence-electron chi connectivity index (χ2n) is 9.05. The van der Waals surface area contributed by atoms with Gasteiger partial charge >= 0.3 is 13.1 Å². The van der Waals surface area contributed by atoms with Crippen molar-refractivity contribution in [3.63, 3.8) is 0 Å². The lowest BCUT2D eigenvalue weighted by Crippen LogP contribution is -2.48. The Morgan fingerprint density at radius 1 is 1.15 bits per heavy atom. The monoisotopic (exact) mass is 374 g/mol. The molecule has 1 aliphatic rings. The number of ether oxygens (including phenoxy) is 1. The molecule has 1 atom stereocenters. The lowest BCUT2D eigenvalue weighted by atomic mass is 9.79. The van der Waals surface area contributed by atoms with Crippen molar-refractivity contribution in [1.29, 1.82) is 0 Å². The van der Waals surface area contributed by atoms with E-state index in [-0.39, 0.29) is 30.5 Å². The van der Waals surface area contributed by atoms with Crippen LogP contribution < -0.4 is 5.46 Å². The SMILES string of the molecule is C=C(C)C(=O)OC(C)[N+](C)(C)Cc1ccc(B2OC(C)(C)C(C)(C)O2)cc1. The minimum Gasteiger partial charge on any atom is -0.409 e. The first kappa shape index (κ1) is 21.7. The number of carbonyl (C=O) groups excluding carboxylic acids is 1. The molecule has 0 aromatic heterocycles. The van der Waals surface area contributed by atoms with Gasteiger partial charge in [-0.15, -0.1) is 0 Å². The van der Waals surface area contributed by atoms with Gasteiger partial charge in [-0.2, -0.15) is 0 Å². The fourth-order valence-corrected chi connectivity index (χ4v) is 2.76. The van der Waals surface area contributed by atoms with Crippen molar-refractivity contribution >= 4 is 18.6 Å². The molecular weight excluding hydrogens is 341 g/mol. The quantitative estimate of drug-likeness (QED) is 0.252. The van der Waals surface area contributed by atoms with Crippen molar-refractivity contribution in [2.75, 3.05) is 14.1 Å². The molecule has 1 aromatic rings. The van der Waals surface area contributed by atoms with E-state index in [1.807, 2.05) is 33.2 Å². The number of esters is 1. The molecule has 1 fully saturated rings. The topological polar surface area (TPSA) is 44.8 Å². The zero-order valence-electron chi connectivity index (χ0n) is 18.0. The average Bonchev–Trinajstić information content (AvgIpc) is 2.75. The van der Waals surface area contributed by atoms with Crippen molar-refractivity contribution in [3.8, 4) is 0 Å². The predicted octanol–water partition coefficient (Wildman–Crippen LogP) is 3.03. The number of rotatable bonds is 6. The summed E-state index contributed by atoms with van der Waals surface area (Å²) in [6.07, 6.45) is -0.281. The molecule has 1 aliphatic heterocycles. The van der Waals surface area contributed by atoms with Gasteiger partial charge in [-0.25, -0.2) is 4.79 Å². The first-order valence-electron chi connectivity index (χ1n) is 9.39. The average molecular weight is 374 g/mol. The van der Waals surface area contributed by atoms with Crippen LogP contribution in [0.5, 0.6) is 0 Å². The van der Waals surface area contributed by atoms with Crippen LogP contribution in [0.3, 0.4) is 0 Å². The second kappa shape index (κ2) is 7.42. The number of nitrogens with zero attached hydrogens (tertiary/aromatic N) is 1. The van der Waals surface area contributed by atoms with Gasteiger partial charge in [-0.05, 0) is 40.1 Å². The zero-order chi connectivity index (χ0) is 20.6. The van der Waals surface area contributed by atoms with Crippen LogP contribution in [0.4, 0.5) is 0 Å². The van der Waals surface area contributed by atoms with Crippen LogP contribution in [-0.4, -0.2) is 49.1 Å². The van der Waals surface area contributed by atoms with E-state index in [1.54, 1.807) is 6.92 Å². The molecule has 1 heterocycles. The largest absolute Gasteiger partial charge is 0.494 e. The molecule has 1 saturated heterocycles. The molecular formula is C21H33BNO4+. The van der Waals surface area contributed by atoms with Gasteiger partial charge in [0.2, 0.25) is 6.23 Å². The van der Waals surface area contributed by atoms with Gasteiger partial charge in [0.15, 0.2) is 0 Å². The van der Waals surface area contributed by atoms with Crippen LogP contribution >= 0.6 is 0 Å². The Bertz CT molecular complexity index is 693. The summed E-state index contributed by atoms with van der Waals surface area (Å²) in [4.78, 5) is 11.8. The van der Waals surface area contributed by atoms with E-state index < -0.39 is 0 Å². The molecule has 0 aliphatic carbocycles. The number of carbonyl (C=O) groups is 1. The summed E-state index contributed by atoms with van der Waals surface area (Å²) in [5.41, 5.74) is 1.87. The molecule has 0 spiro atoms.